The lowest BCUT2D eigenvalue weighted by molar-refractivity contribution is -0.201. The van der Waals surface area contributed by atoms with Crippen LogP contribution in [0.15, 0.2) is 45.8 Å². The third kappa shape index (κ3) is 5.80. The lowest BCUT2D eigenvalue weighted by atomic mass is 10.3. The molecule has 0 aromatic carbocycles. The van der Waals surface area contributed by atoms with Crippen LogP contribution in [0.2, 0.25) is 0 Å². The van der Waals surface area contributed by atoms with E-state index < -0.39 is 39.8 Å². The van der Waals surface area contributed by atoms with Crippen LogP contribution in [-0.4, -0.2) is 12.3 Å². The van der Waals surface area contributed by atoms with Crippen molar-refractivity contribution in [1.29, 1.82) is 0 Å². The van der Waals surface area contributed by atoms with E-state index in [0.717, 1.165) is 13.0 Å². The molecule has 0 heterocycles. The van der Waals surface area contributed by atoms with E-state index in [4.69, 9.17) is 28.9 Å². The first-order chi connectivity index (χ1) is 9.70. The zero-order valence-corrected chi connectivity index (χ0v) is 12.2. The molecule has 0 aliphatic rings. The van der Waals surface area contributed by atoms with Gasteiger partial charge >= 0.3 is 12.3 Å². The second kappa shape index (κ2) is 7.28. The fourth-order valence-corrected chi connectivity index (χ4v) is 1.45. The molecule has 0 saturated heterocycles. The average Bonchev–Trinajstić information content (AvgIpc) is 2.31. The maximum atomic E-state index is 13.3. The van der Waals surface area contributed by atoms with E-state index in [1.165, 1.54) is 0 Å². The Morgan fingerprint density at radius 2 is 1.55 bits per heavy atom. The molecule has 0 aromatic rings. The van der Waals surface area contributed by atoms with Crippen molar-refractivity contribution >= 4 is 23.2 Å². The van der Waals surface area contributed by atoms with Crippen molar-refractivity contribution in [3.8, 4) is 0 Å². The van der Waals surface area contributed by atoms with Crippen LogP contribution in [0.3, 0.4) is 0 Å². The van der Waals surface area contributed by atoms with Gasteiger partial charge < -0.3 is 10.5 Å². The summed E-state index contributed by atoms with van der Waals surface area (Å²) >= 11 is 10.9. The van der Waals surface area contributed by atoms with Crippen LogP contribution in [0.5, 0.6) is 0 Å². The van der Waals surface area contributed by atoms with Gasteiger partial charge in [0.1, 0.15) is 0 Å². The fraction of sp³-hybridized carbons (Fsp3) is 0.273. The smallest absolute Gasteiger partial charge is 0.424 e. The van der Waals surface area contributed by atoms with E-state index in [2.05, 4.69) is 11.3 Å². The molecule has 0 rings (SSSR count). The third-order valence-corrected chi connectivity index (χ3v) is 2.22. The highest BCUT2D eigenvalue weighted by Gasteiger charge is 2.50. The van der Waals surface area contributed by atoms with Gasteiger partial charge in [-0.3, -0.25) is 0 Å². The van der Waals surface area contributed by atoms with Gasteiger partial charge in [-0.1, -0.05) is 29.8 Å². The number of halogens is 9. The maximum Gasteiger partial charge on any atom is 0.457 e. The first-order valence-corrected chi connectivity index (χ1v) is 5.83. The molecule has 126 valence electrons. The van der Waals surface area contributed by atoms with Gasteiger partial charge in [0.05, 0.1) is 10.1 Å². The third-order valence-electron chi connectivity index (χ3n) is 1.77. The maximum absolute atomic E-state index is 13.3. The van der Waals surface area contributed by atoms with Crippen LogP contribution in [0, 0.1) is 0 Å². The fourth-order valence-electron chi connectivity index (χ4n) is 0.937. The predicted octanol–water partition coefficient (Wildman–Crippen LogP) is 5.37. The zero-order valence-electron chi connectivity index (χ0n) is 10.7. The summed E-state index contributed by atoms with van der Waals surface area (Å²) in [4.78, 5) is 0. The highest BCUT2D eigenvalue weighted by Crippen LogP contribution is 2.40. The quantitative estimate of drug-likeness (QED) is 0.399. The molecule has 0 aliphatic heterocycles. The van der Waals surface area contributed by atoms with Crippen molar-refractivity contribution in [3.63, 3.8) is 0 Å². The van der Waals surface area contributed by atoms with Gasteiger partial charge in [0.15, 0.2) is 5.76 Å². The minimum absolute atomic E-state index is 0.246. The minimum atomic E-state index is -5.96. The van der Waals surface area contributed by atoms with Crippen LogP contribution >= 0.6 is 23.2 Å². The van der Waals surface area contributed by atoms with E-state index in [1.54, 1.807) is 0 Å². The van der Waals surface area contributed by atoms with E-state index in [1.807, 2.05) is 0 Å². The lowest BCUT2D eigenvalue weighted by Gasteiger charge is -2.19. The molecule has 0 bridgehead atoms. The molecular formula is C11H8Cl2F7NO. The number of hydrogen-bond acceptors (Lipinski definition) is 2. The number of nitrogens with two attached hydrogens (primary N) is 1. The molecule has 2 nitrogen and oxygen atoms in total. The summed E-state index contributed by atoms with van der Waals surface area (Å²) in [5.41, 5.74) is 4.86. The van der Waals surface area contributed by atoms with Crippen LogP contribution in [0.25, 0.3) is 0 Å². The highest BCUT2D eigenvalue weighted by atomic mass is 35.5. The Balaban J connectivity index is 5.77. The largest absolute Gasteiger partial charge is 0.457 e. The Bertz CT molecular complexity index is 545. The number of rotatable bonds is 5. The average molecular weight is 374 g/mol. The number of ether oxygens (including phenoxy) is 1. The van der Waals surface area contributed by atoms with Gasteiger partial charge in [-0.05, 0) is 13.0 Å². The predicted molar refractivity (Wildman–Crippen MR) is 67.1 cm³/mol. The van der Waals surface area contributed by atoms with E-state index >= 15 is 0 Å². The normalized spacial score (nSPS) is 16.0. The second-order valence-corrected chi connectivity index (χ2v) is 4.65. The SMILES string of the molecule is C=C(N)/C=C(Cl)\C(OC(F)(F)/C(F)=C(\F)C(F)(F)F)=C(/C)Cl. The first-order valence-electron chi connectivity index (χ1n) is 5.08. The lowest BCUT2D eigenvalue weighted by Crippen LogP contribution is -2.26. The molecule has 22 heavy (non-hydrogen) atoms. The molecule has 0 fully saturated rings. The van der Waals surface area contributed by atoms with Gasteiger partial charge in [0.2, 0.25) is 5.83 Å². The zero-order chi connectivity index (χ0) is 17.9. The topological polar surface area (TPSA) is 35.2 Å². The molecular weight excluding hydrogens is 366 g/mol. The molecule has 0 aliphatic carbocycles. The van der Waals surface area contributed by atoms with Crippen molar-refractivity contribution in [2.24, 2.45) is 5.73 Å². The highest BCUT2D eigenvalue weighted by molar-refractivity contribution is 6.35. The minimum Gasteiger partial charge on any atom is -0.424 e. The summed E-state index contributed by atoms with van der Waals surface area (Å²) < 4.78 is 91.4. The summed E-state index contributed by atoms with van der Waals surface area (Å²) in [6.07, 6.45) is -10.5. The van der Waals surface area contributed by atoms with Gasteiger partial charge in [0.25, 0.3) is 5.83 Å². The summed E-state index contributed by atoms with van der Waals surface area (Å²) in [6.45, 7) is 4.11. The molecule has 0 saturated carbocycles. The first kappa shape index (κ1) is 20.6. The Morgan fingerprint density at radius 3 is 1.86 bits per heavy atom. The molecule has 2 N–H and O–H groups in total. The molecule has 0 spiro atoms. The monoisotopic (exact) mass is 373 g/mol. The Morgan fingerprint density at radius 1 is 1.09 bits per heavy atom. The Labute approximate surface area is 130 Å². The number of alkyl halides is 5. The summed E-state index contributed by atoms with van der Waals surface area (Å²) in [5, 5.41) is -1.29. The summed E-state index contributed by atoms with van der Waals surface area (Å²) in [6, 6.07) is 0. The van der Waals surface area contributed by atoms with Crippen molar-refractivity contribution in [2.75, 3.05) is 0 Å². The van der Waals surface area contributed by atoms with E-state index in [9.17, 15) is 30.7 Å². The molecule has 0 aromatic heterocycles. The molecule has 0 radical (unpaired) electrons. The van der Waals surface area contributed by atoms with Crippen LogP contribution in [-0.2, 0) is 4.74 Å². The van der Waals surface area contributed by atoms with Gasteiger partial charge in [-0.25, -0.2) is 0 Å². The standard InChI is InChI=1S/C11H8Cl2F7NO/c1-4(21)3-6(13)7(5(2)12)22-11(19,20)9(15)8(14)10(16,17)18/h3H,1,21H2,2H3/b6-3+,7-5-,9-8+. The van der Waals surface area contributed by atoms with Gasteiger partial charge in [-0.2, -0.15) is 30.7 Å². The van der Waals surface area contributed by atoms with Crippen LogP contribution < -0.4 is 5.73 Å². The number of hydrogen-bond donors (Lipinski definition) is 1. The van der Waals surface area contributed by atoms with Gasteiger partial charge in [-0.15, -0.1) is 0 Å². The van der Waals surface area contributed by atoms with Crippen LogP contribution in [0.4, 0.5) is 30.7 Å². The van der Waals surface area contributed by atoms with Crippen LogP contribution in [0.1, 0.15) is 6.92 Å². The molecule has 0 unspecified atom stereocenters. The molecule has 11 heteroatoms. The second-order valence-electron chi connectivity index (χ2n) is 3.67. The Hall–Kier alpha value is -1.35. The van der Waals surface area contributed by atoms with Gasteiger partial charge in [0, 0.05) is 5.70 Å². The molecule has 0 atom stereocenters. The summed E-state index contributed by atoms with van der Waals surface area (Å²) in [7, 11) is 0. The van der Waals surface area contributed by atoms with Crippen molar-refractivity contribution < 1.29 is 35.5 Å². The molecule has 0 amide bonds. The van der Waals surface area contributed by atoms with Crippen molar-refractivity contribution in [3.05, 3.63) is 45.8 Å². The van der Waals surface area contributed by atoms with E-state index in [-0.39, 0.29) is 5.70 Å². The van der Waals surface area contributed by atoms with Crippen molar-refractivity contribution in [2.45, 2.75) is 19.2 Å². The number of allylic oxidation sites excluding steroid dienone is 4. The van der Waals surface area contributed by atoms with Crippen molar-refractivity contribution in [1.82, 2.24) is 0 Å². The Kier molecular flexibility index (Phi) is 6.83. The van der Waals surface area contributed by atoms with E-state index in [0.29, 0.717) is 0 Å². The summed E-state index contributed by atoms with van der Waals surface area (Å²) in [5.74, 6) is -8.23.